The Balaban J connectivity index is 2.54. The molecule has 3 heteroatoms. The Labute approximate surface area is 122 Å². The largest absolute Gasteiger partial charge is 0.465 e. The zero-order valence-electron chi connectivity index (χ0n) is 13.1. The summed E-state index contributed by atoms with van der Waals surface area (Å²) in [5, 5.41) is 3.27. The van der Waals surface area contributed by atoms with Gasteiger partial charge in [0.25, 0.3) is 0 Å². The summed E-state index contributed by atoms with van der Waals surface area (Å²) in [4.78, 5) is 11.6. The van der Waals surface area contributed by atoms with Gasteiger partial charge in [0.15, 0.2) is 0 Å². The van der Waals surface area contributed by atoms with Gasteiger partial charge in [-0.05, 0) is 44.7 Å². The van der Waals surface area contributed by atoms with Gasteiger partial charge in [-0.2, -0.15) is 0 Å². The summed E-state index contributed by atoms with van der Waals surface area (Å²) in [6, 6.07) is 8.48. The van der Waals surface area contributed by atoms with E-state index in [4.69, 9.17) is 4.74 Å². The van der Waals surface area contributed by atoms with Crippen molar-refractivity contribution in [2.45, 2.75) is 59.0 Å². The van der Waals surface area contributed by atoms with Crippen LogP contribution in [-0.4, -0.2) is 18.6 Å². The van der Waals surface area contributed by atoms with Gasteiger partial charge in [-0.15, -0.1) is 0 Å². The molecule has 1 rings (SSSR count). The van der Waals surface area contributed by atoms with E-state index < -0.39 is 0 Å². The number of rotatable bonds is 8. The van der Waals surface area contributed by atoms with Gasteiger partial charge in [0.1, 0.15) is 6.04 Å². The third-order valence-corrected chi connectivity index (χ3v) is 3.44. The highest BCUT2D eigenvalue weighted by Gasteiger charge is 2.16. The van der Waals surface area contributed by atoms with E-state index in [1.807, 2.05) is 13.8 Å². The van der Waals surface area contributed by atoms with Gasteiger partial charge < -0.3 is 4.74 Å². The van der Waals surface area contributed by atoms with E-state index in [0.29, 0.717) is 6.61 Å². The van der Waals surface area contributed by atoms with Crippen molar-refractivity contribution in [2.24, 2.45) is 0 Å². The molecular formula is C17H27NO2. The van der Waals surface area contributed by atoms with E-state index in [1.54, 1.807) is 0 Å². The Bertz CT molecular complexity index is 400. The van der Waals surface area contributed by atoms with E-state index in [9.17, 15) is 4.79 Å². The number of nitrogens with one attached hydrogen (secondary N) is 1. The van der Waals surface area contributed by atoms with Crippen LogP contribution in [0.2, 0.25) is 0 Å². The molecular weight excluding hydrogens is 250 g/mol. The molecule has 1 aromatic carbocycles. The van der Waals surface area contributed by atoms with Crippen LogP contribution in [0.1, 0.15) is 57.7 Å². The molecule has 2 atom stereocenters. The molecule has 0 aromatic heterocycles. The van der Waals surface area contributed by atoms with Crippen LogP contribution in [0.3, 0.4) is 0 Å². The SMILES string of the molecule is CCCCc1ccc(C(C)NC(C)C(=O)OCC)cc1. The lowest BCUT2D eigenvalue weighted by Gasteiger charge is -2.19. The average Bonchev–Trinajstić information content (AvgIpc) is 2.45. The normalized spacial score (nSPS) is 13.8. The number of aryl methyl sites for hydroxylation is 1. The van der Waals surface area contributed by atoms with Gasteiger partial charge in [-0.3, -0.25) is 10.1 Å². The summed E-state index contributed by atoms with van der Waals surface area (Å²) in [5.41, 5.74) is 2.57. The van der Waals surface area contributed by atoms with E-state index in [2.05, 4.69) is 43.4 Å². The van der Waals surface area contributed by atoms with Crippen molar-refractivity contribution in [3.63, 3.8) is 0 Å². The van der Waals surface area contributed by atoms with Gasteiger partial charge in [0.2, 0.25) is 0 Å². The van der Waals surface area contributed by atoms with Crippen LogP contribution in [0.4, 0.5) is 0 Å². The molecule has 0 bridgehead atoms. The van der Waals surface area contributed by atoms with Crippen LogP contribution in [0.15, 0.2) is 24.3 Å². The van der Waals surface area contributed by atoms with Gasteiger partial charge >= 0.3 is 5.97 Å². The molecule has 0 saturated heterocycles. The molecule has 0 radical (unpaired) electrons. The zero-order chi connectivity index (χ0) is 15.0. The zero-order valence-corrected chi connectivity index (χ0v) is 13.1. The highest BCUT2D eigenvalue weighted by molar-refractivity contribution is 5.75. The minimum Gasteiger partial charge on any atom is -0.465 e. The van der Waals surface area contributed by atoms with E-state index >= 15 is 0 Å². The maximum absolute atomic E-state index is 11.6. The number of carbonyl (C=O) groups excluding carboxylic acids is 1. The summed E-state index contributed by atoms with van der Waals surface area (Å²) in [6.45, 7) is 8.35. The fraction of sp³-hybridized carbons (Fsp3) is 0.588. The maximum atomic E-state index is 11.6. The quantitative estimate of drug-likeness (QED) is 0.737. The minimum atomic E-state index is -0.287. The highest BCUT2D eigenvalue weighted by Crippen LogP contribution is 2.15. The standard InChI is InChI=1S/C17H27NO2/c1-5-7-8-15-9-11-16(12-10-15)13(3)18-14(4)17(19)20-6-2/h9-14,18H,5-8H2,1-4H3. The summed E-state index contributed by atoms with van der Waals surface area (Å²) in [6.07, 6.45) is 3.58. The number of esters is 1. The molecule has 20 heavy (non-hydrogen) atoms. The van der Waals surface area contributed by atoms with Crippen molar-refractivity contribution in [3.8, 4) is 0 Å². The fourth-order valence-corrected chi connectivity index (χ4v) is 2.16. The summed E-state index contributed by atoms with van der Waals surface area (Å²) < 4.78 is 5.00. The van der Waals surface area contributed by atoms with Crippen molar-refractivity contribution in [1.82, 2.24) is 5.32 Å². The first-order valence-electron chi connectivity index (χ1n) is 7.60. The molecule has 0 saturated carbocycles. The Hall–Kier alpha value is -1.35. The number of unbranched alkanes of at least 4 members (excludes halogenated alkanes) is 1. The lowest BCUT2D eigenvalue weighted by Crippen LogP contribution is -2.37. The molecule has 2 unspecified atom stereocenters. The Morgan fingerprint density at radius 3 is 2.40 bits per heavy atom. The predicted molar refractivity (Wildman–Crippen MR) is 82.7 cm³/mol. The van der Waals surface area contributed by atoms with Gasteiger partial charge in [-0.25, -0.2) is 0 Å². The van der Waals surface area contributed by atoms with Crippen molar-refractivity contribution in [3.05, 3.63) is 35.4 Å². The van der Waals surface area contributed by atoms with Crippen LogP contribution in [0.5, 0.6) is 0 Å². The lowest BCUT2D eigenvalue weighted by molar-refractivity contribution is -0.145. The monoisotopic (exact) mass is 277 g/mol. The Morgan fingerprint density at radius 1 is 1.20 bits per heavy atom. The topological polar surface area (TPSA) is 38.3 Å². The molecule has 1 N–H and O–H groups in total. The number of hydrogen-bond donors (Lipinski definition) is 1. The fourth-order valence-electron chi connectivity index (χ4n) is 2.16. The first-order chi connectivity index (χ1) is 9.58. The van der Waals surface area contributed by atoms with E-state index in [-0.39, 0.29) is 18.1 Å². The first kappa shape index (κ1) is 16.7. The molecule has 0 spiro atoms. The molecule has 0 aliphatic heterocycles. The third-order valence-electron chi connectivity index (χ3n) is 3.44. The summed E-state index contributed by atoms with van der Waals surface area (Å²) in [7, 11) is 0. The van der Waals surface area contributed by atoms with Crippen LogP contribution < -0.4 is 5.32 Å². The predicted octanol–water partition coefficient (Wildman–Crippen LogP) is 3.63. The Morgan fingerprint density at radius 2 is 1.85 bits per heavy atom. The second-order valence-electron chi connectivity index (χ2n) is 5.21. The van der Waals surface area contributed by atoms with Gasteiger partial charge in [-0.1, -0.05) is 37.6 Å². The number of ether oxygens (including phenoxy) is 1. The van der Waals surface area contributed by atoms with E-state index in [1.165, 1.54) is 24.0 Å². The first-order valence-corrected chi connectivity index (χ1v) is 7.60. The molecule has 0 heterocycles. The molecule has 1 aromatic rings. The average molecular weight is 277 g/mol. The van der Waals surface area contributed by atoms with Crippen molar-refractivity contribution in [2.75, 3.05) is 6.61 Å². The highest BCUT2D eigenvalue weighted by atomic mass is 16.5. The molecule has 3 nitrogen and oxygen atoms in total. The Kier molecular flexibility index (Phi) is 7.31. The molecule has 0 aliphatic carbocycles. The number of hydrogen-bond acceptors (Lipinski definition) is 3. The number of benzene rings is 1. The maximum Gasteiger partial charge on any atom is 0.322 e. The second kappa shape index (κ2) is 8.75. The van der Waals surface area contributed by atoms with Crippen LogP contribution >= 0.6 is 0 Å². The third kappa shape index (κ3) is 5.33. The van der Waals surface area contributed by atoms with Crippen molar-refractivity contribution < 1.29 is 9.53 Å². The van der Waals surface area contributed by atoms with Gasteiger partial charge in [0.05, 0.1) is 6.61 Å². The summed E-state index contributed by atoms with van der Waals surface area (Å²) in [5.74, 6) is -0.195. The van der Waals surface area contributed by atoms with Crippen LogP contribution in [-0.2, 0) is 16.0 Å². The van der Waals surface area contributed by atoms with E-state index in [0.717, 1.165) is 6.42 Å². The summed E-state index contributed by atoms with van der Waals surface area (Å²) >= 11 is 0. The number of carbonyl (C=O) groups is 1. The van der Waals surface area contributed by atoms with Gasteiger partial charge in [0, 0.05) is 6.04 Å². The lowest BCUT2D eigenvalue weighted by atomic mass is 10.0. The molecule has 0 amide bonds. The molecule has 0 aliphatic rings. The minimum absolute atomic E-state index is 0.134. The van der Waals surface area contributed by atoms with Crippen LogP contribution in [0.25, 0.3) is 0 Å². The smallest absolute Gasteiger partial charge is 0.322 e. The second-order valence-corrected chi connectivity index (χ2v) is 5.21. The van der Waals surface area contributed by atoms with Crippen molar-refractivity contribution in [1.29, 1.82) is 0 Å². The molecule has 112 valence electrons. The van der Waals surface area contributed by atoms with Crippen molar-refractivity contribution >= 4 is 5.97 Å². The molecule has 0 fully saturated rings. The van der Waals surface area contributed by atoms with Crippen LogP contribution in [0, 0.1) is 0 Å².